The molecule has 0 saturated carbocycles. The van der Waals surface area contributed by atoms with Gasteiger partial charge in [0, 0.05) is 21.7 Å². The van der Waals surface area contributed by atoms with Gasteiger partial charge in [-0.25, -0.2) is 8.42 Å². The third kappa shape index (κ3) is 6.44. The van der Waals surface area contributed by atoms with Gasteiger partial charge in [-0.15, -0.1) is 0 Å². The van der Waals surface area contributed by atoms with Crippen LogP contribution in [0.4, 0.5) is 11.4 Å². The van der Waals surface area contributed by atoms with E-state index in [0.717, 1.165) is 17.4 Å². The average molecular weight is 533 g/mol. The van der Waals surface area contributed by atoms with Crippen molar-refractivity contribution in [2.24, 2.45) is 0 Å². The predicted octanol–water partition coefficient (Wildman–Crippen LogP) is 6.10. The zero-order valence-corrected chi connectivity index (χ0v) is 21.9. The van der Waals surface area contributed by atoms with Gasteiger partial charge in [0.05, 0.1) is 24.2 Å². The Morgan fingerprint density at radius 3 is 2.19 bits per heavy atom. The third-order valence-electron chi connectivity index (χ3n) is 5.74. The Bertz CT molecular complexity index is 1550. The Kier molecular flexibility index (Phi) is 7.76. The van der Waals surface area contributed by atoms with E-state index in [-0.39, 0.29) is 17.9 Å². The van der Waals surface area contributed by atoms with Crippen LogP contribution in [0, 0.1) is 6.92 Å². The van der Waals surface area contributed by atoms with Crippen molar-refractivity contribution in [1.29, 1.82) is 0 Å². The van der Waals surface area contributed by atoms with Crippen LogP contribution >= 0.6 is 11.6 Å². The van der Waals surface area contributed by atoms with Crippen LogP contribution in [0.5, 0.6) is 0 Å². The maximum absolute atomic E-state index is 13.0. The van der Waals surface area contributed by atoms with Crippen molar-refractivity contribution in [3.8, 4) is 0 Å². The van der Waals surface area contributed by atoms with Crippen LogP contribution in [0.3, 0.4) is 0 Å². The van der Waals surface area contributed by atoms with Crippen LogP contribution in [0.1, 0.15) is 37.4 Å². The molecule has 0 aliphatic heterocycles. The fourth-order valence-corrected chi connectivity index (χ4v) is 4.92. The lowest BCUT2D eigenvalue weighted by Gasteiger charge is -2.23. The molecule has 0 heterocycles. The van der Waals surface area contributed by atoms with Gasteiger partial charge in [-0.1, -0.05) is 66.2 Å². The highest BCUT2D eigenvalue weighted by Crippen LogP contribution is 2.25. The van der Waals surface area contributed by atoms with Crippen molar-refractivity contribution in [1.82, 2.24) is 0 Å². The summed E-state index contributed by atoms with van der Waals surface area (Å²) >= 11 is 6.13. The second-order valence-corrected chi connectivity index (χ2v) is 11.0. The molecule has 0 atom stereocenters. The van der Waals surface area contributed by atoms with E-state index in [9.17, 15) is 18.0 Å². The summed E-state index contributed by atoms with van der Waals surface area (Å²) in [7, 11) is -3.53. The van der Waals surface area contributed by atoms with E-state index in [1.165, 1.54) is 10.4 Å². The summed E-state index contributed by atoms with van der Waals surface area (Å²) in [6.45, 7) is 2.02. The minimum Gasteiger partial charge on any atom is -0.321 e. The van der Waals surface area contributed by atoms with E-state index >= 15 is 0 Å². The van der Waals surface area contributed by atoms with Gasteiger partial charge >= 0.3 is 0 Å². The SMILES string of the molecule is Cc1cccc(N(Cc2ccc(C(=O)Nc3ccc(Cl)cc3C(=O)c3ccccc3)cc2)S(C)(=O)=O)c1. The van der Waals surface area contributed by atoms with Crippen molar-refractivity contribution in [2.75, 3.05) is 15.9 Å². The second-order valence-electron chi connectivity index (χ2n) is 8.64. The van der Waals surface area contributed by atoms with Crippen molar-refractivity contribution in [2.45, 2.75) is 13.5 Å². The minimum atomic E-state index is -3.53. The molecule has 4 aromatic carbocycles. The van der Waals surface area contributed by atoms with E-state index in [4.69, 9.17) is 11.6 Å². The van der Waals surface area contributed by atoms with Gasteiger partial charge in [0.15, 0.2) is 5.78 Å². The summed E-state index contributed by atoms with van der Waals surface area (Å²) in [6, 6.07) is 27.4. The number of anilines is 2. The highest BCUT2D eigenvalue weighted by Gasteiger charge is 2.19. The number of aryl methyl sites for hydroxylation is 1. The number of carbonyl (C=O) groups is 2. The molecule has 1 N–H and O–H groups in total. The number of hydrogen-bond donors (Lipinski definition) is 1. The first-order chi connectivity index (χ1) is 17.6. The van der Waals surface area contributed by atoms with E-state index < -0.39 is 15.9 Å². The molecule has 0 fully saturated rings. The number of ketones is 1. The summed E-state index contributed by atoms with van der Waals surface area (Å²) in [5.74, 6) is -0.666. The van der Waals surface area contributed by atoms with Crippen LogP contribution in [-0.2, 0) is 16.6 Å². The number of sulfonamides is 1. The molecule has 0 bridgehead atoms. The molecule has 37 heavy (non-hydrogen) atoms. The number of nitrogens with one attached hydrogen (secondary N) is 1. The van der Waals surface area contributed by atoms with Crippen LogP contribution in [0.25, 0.3) is 0 Å². The highest BCUT2D eigenvalue weighted by atomic mass is 35.5. The molecule has 8 heteroatoms. The Morgan fingerprint density at radius 1 is 0.838 bits per heavy atom. The number of amides is 1. The zero-order valence-electron chi connectivity index (χ0n) is 20.3. The van der Waals surface area contributed by atoms with Gasteiger partial charge in [0.2, 0.25) is 10.0 Å². The van der Waals surface area contributed by atoms with Gasteiger partial charge in [0.1, 0.15) is 0 Å². The molecule has 0 aliphatic rings. The average Bonchev–Trinajstić information content (AvgIpc) is 2.88. The normalized spacial score (nSPS) is 11.1. The molecule has 6 nitrogen and oxygen atoms in total. The van der Waals surface area contributed by atoms with Crippen molar-refractivity contribution in [3.05, 3.63) is 130 Å². The van der Waals surface area contributed by atoms with Gasteiger partial charge in [-0.2, -0.15) is 0 Å². The van der Waals surface area contributed by atoms with Crippen molar-refractivity contribution >= 4 is 44.7 Å². The Morgan fingerprint density at radius 2 is 1.54 bits per heavy atom. The lowest BCUT2D eigenvalue weighted by Crippen LogP contribution is -2.29. The third-order valence-corrected chi connectivity index (χ3v) is 7.12. The molecule has 1 amide bonds. The number of hydrogen-bond acceptors (Lipinski definition) is 4. The number of halogens is 1. The molecule has 188 valence electrons. The van der Waals surface area contributed by atoms with Crippen LogP contribution in [0.2, 0.25) is 5.02 Å². The second kappa shape index (κ2) is 11.0. The fourth-order valence-electron chi connectivity index (χ4n) is 3.86. The van der Waals surface area contributed by atoms with Gasteiger partial charge < -0.3 is 5.32 Å². The predicted molar refractivity (Wildman–Crippen MR) is 148 cm³/mol. The number of benzene rings is 4. The van der Waals surface area contributed by atoms with Crippen LogP contribution < -0.4 is 9.62 Å². The zero-order chi connectivity index (χ0) is 26.6. The first-order valence-corrected chi connectivity index (χ1v) is 13.7. The molecule has 0 aliphatic carbocycles. The Hall–Kier alpha value is -3.94. The summed E-state index contributed by atoms with van der Waals surface area (Å²) in [6.07, 6.45) is 1.16. The van der Waals surface area contributed by atoms with Gasteiger partial charge in [-0.3, -0.25) is 13.9 Å². The Balaban J connectivity index is 1.54. The molecule has 0 unspecified atom stereocenters. The molecule has 0 aromatic heterocycles. The van der Waals surface area contributed by atoms with Crippen molar-refractivity contribution < 1.29 is 18.0 Å². The molecule has 0 radical (unpaired) electrons. The minimum absolute atomic E-state index is 0.122. The lowest BCUT2D eigenvalue weighted by molar-refractivity contribution is 0.102. The smallest absolute Gasteiger partial charge is 0.255 e. The van der Waals surface area contributed by atoms with E-state index in [1.807, 2.05) is 31.2 Å². The molecule has 0 saturated heterocycles. The summed E-state index contributed by atoms with van der Waals surface area (Å²) in [4.78, 5) is 26.0. The highest BCUT2D eigenvalue weighted by molar-refractivity contribution is 7.92. The fraction of sp³-hybridized carbons (Fsp3) is 0.103. The number of rotatable bonds is 8. The molecule has 0 spiro atoms. The Labute approximate surface area is 221 Å². The van der Waals surface area contributed by atoms with Crippen molar-refractivity contribution in [3.63, 3.8) is 0 Å². The number of nitrogens with zero attached hydrogens (tertiary/aromatic N) is 1. The largest absolute Gasteiger partial charge is 0.321 e. The van der Waals surface area contributed by atoms with E-state index in [1.54, 1.807) is 66.7 Å². The monoisotopic (exact) mass is 532 g/mol. The van der Waals surface area contributed by atoms with Crippen LogP contribution in [-0.4, -0.2) is 26.4 Å². The topological polar surface area (TPSA) is 83.6 Å². The number of carbonyl (C=O) groups excluding carboxylic acids is 2. The quantitative estimate of drug-likeness (QED) is 0.278. The lowest BCUT2D eigenvalue weighted by atomic mass is 10.0. The van der Waals surface area contributed by atoms with E-state index in [0.29, 0.717) is 27.5 Å². The molecule has 4 aromatic rings. The van der Waals surface area contributed by atoms with Gasteiger partial charge in [-0.05, 0) is 60.5 Å². The summed E-state index contributed by atoms with van der Waals surface area (Å²) < 4.78 is 26.3. The molecular formula is C29H25ClN2O4S. The van der Waals surface area contributed by atoms with E-state index in [2.05, 4.69) is 5.32 Å². The molecular weight excluding hydrogens is 508 g/mol. The first-order valence-electron chi connectivity index (χ1n) is 11.5. The standard InChI is InChI=1S/C29H25ClN2O4S/c1-20-7-6-10-25(17-20)32(37(2,35)36)19-21-11-13-23(14-12-21)29(34)31-27-16-15-24(30)18-26(27)28(33)22-8-4-3-5-9-22/h3-18H,19H2,1-2H3,(H,31,34). The summed E-state index contributed by atoms with van der Waals surface area (Å²) in [5.41, 5.74) is 3.70. The summed E-state index contributed by atoms with van der Waals surface area (Å²) in [5, 5.41) is 3.18. The van der Waals surface area contributed by atoms with Crippen LogP contribution in [0.15, 0.2) is 97.1 Å². The van der Waals surface area contributed by atoms with Gasteiger partial charge in [0.25, 0.3) is 5.91 Å². The first kappa shape index (κ1) is 26.1. The maximum Gasteiger partial charge on any atom is 0.255 e. The molecule has 4 rings (SSSR count). The maximum atomic E-state index is 13.0.